The lowest BCUT2D eigenvalue weighted by atomic mass is 10.3. The number of rotatable bonds is 1. The molecule has 2 aromatic rings. The summed E-state index contributed by atoms with van der Waals surface area (Å²) in [7, 11) is 0. The van der Waals surface area contributed by atoms with Crippen LogP contribution in [0.15, 0.2) is 17.5 Å². The maximum atomic E-state index is 6.03. The van der Waals surface area contributed by atoms with Gasteiger partial charge in [-0.25, -0.2) is 9.97 Å². The molecule has 0 N–H and O–H groups in total. The predicted molar refractivity (Wildman–Crippen MR) is 59.8 cm³/mol. The van der Waals surface area contributed by atoms with Crippen molar-refractivity contribution in [2.45, 2.75) is 13.8 Å². The van der Waals surface area contributed by atoms with Crippen molar-refractivity contribution in [2.75, 3.05) is 0 Å². The Morgan fingerprint density at radius 2 is 1.93 bits per heavy atom. The van der Waals surface area contributed by atoms with Crippen molar-refractivity contribution in [1.82, 2.24) is 9.97 Å². The Morgan fingerprint density at radius 3 is 2.57 bits per heavy atom. The Bertz CT molecular complexity index is 451. The quantitative estimate of drug-likeness (QED) is 0.741. The maximum absolute atomic E-state index is 6.03. The zero-order chi connectivity index (χ0) is 10.1. The van der Waals surface area contributed by atoms with Crippen molar-refractivity contribution < 1.29 is 0 Å². The summed E-state index contributed by atoms with van der Waals surface area (Å²) in [5.41, 5.74) is 2.60. The number of aromatic nitrogens is 2. The van der Waals surface area contributed by atoms with Gasteiger partial charge in [-0.15, -0.1) is 11.3 Å². The van der Waals surface area contributed by atoms with Gasteiger partial charge in [0.05, 0.1) is 16.3 Å². The van der Waals surface area contributed by atoms with Crippen molar-refractivity contribution in [1.29, 1.82) is 0 Å². The lowest BCUT2D eigenvalue weighted by Crippen LogP contribution is -1.95. The minimum atomic E-state index is 0.482. The molecule has 0 saturated heterocycles. The third kappa shape index (κ3) is 1.65. The van der Waals surface area contributed by atoms with E-state index in [1.165, 1.54) is 0 Å². The molecule has 0 bridgehead atoms. The molecular weight excluding hydrogens is 216 g/mol. The van der Waals surface area contributed by atoms with E-state index in [0.29, 0.717) is 5.15 Å². The molecule has 0 unspecified atom stereocenters. The first-order chi connectivity index (χ1) is 6.68. The second kappa shape index (κ2) is 3.67. The van der Waals surface area contributed by atoms with Crippen molar-refractivity contribution >= 4 is 22.9 Å². The monoisotopic (exact) mass is 224 g/mol. The molecule has 2 rings (SSSR count). The van der Waals surface area contributed by atoms with Gasteiger partial charge in [-0.05, 0) is 25.3 Å². The molecule has 0 spiro atoms. The van der Waals surface area contributed by atoms with Gasteiger partial charge < -0.3 is 0 Å². The van der Waals surface area contributed by atoms with E-state index in [4.69, 9.17) is 11.6 Å². The molecule has 0 fully saturated rings. The smallest absolute Gasteiger partial charge is 0.156 e. The molecule has 0 aromatic carbocycles. The Morgan fingerprint density at radius 1 is 1.21 bits per heavy atom. The lowest BCUT2D eigenvalue weighted by molar-refractivity contribution is 1.06. The first-order valence-corrected chi connectivity index (χ1v) is 5.49. The Labute approximate surface area is 91.6 Å². The molecule has 4 heteroatoms. The maximum Gasteiger partial charge on any atom is 0.156 e. The number of hydrogen-bond donors (Lipinski definition) is 0. The fourth-order valence-electron chi connectivity index (χ4n) is 1.15. The third-order valence-electron chi connectivity index (χ3n) is 2.02. The van der Waals surface area contributed by atoms with Crippen LogP contribution in [0.4, 0.5) is 0 Å². The van der Waals surface area contributed by atoms with Gasteiger partial charge in [0.15, 0.2) is 5.15 Å². The summed E-state index contributed by atoms with van der Waals surface area (Å²) in [6.07, 6.45) is 0. The summed E-state index contributed by atoms with van der Waals surface area (Å²) in [4.78, 5) is 9.73. The molecule has 2 nitrogen and oxygen atoms in total. The van der Waals surface area contributed by atoms with Crippen LogP contribution in [-0.4, -0.2) is 9.97 Å². The van der Waals surface area contributed by atoms with Crippen LogP contribution in [0, 0.1) is 13.8 Å². The summed E-state index contributed by atoms with van der Waals surface area (Å²) in [6.45, 7) is 3.85. The van der Waals surface area contributed by atoms with Gasteiger partial charge in [-0.2, -0.15) is 0 Å². The van der Waals surface area contributed by atoms with E-state index in [0.717, 1.165) is 22.0 Å². The van der Waals surface area contributed by atoms with Crippen LogP contribution in [0.25, 0.3) is 10.6 Å². The number of hydrogen-bond acceptors (Lipinski definition) is 3. The van der Waals surface area contributed by atoms with E-state index in [1.807, 2.05) is 31.4 Å². The topological polar surface area (TPSA) is 25.8 Å². The van der Waals surface area contributed by atoms with Crippen molar-refractivity contribution in [3.63, 3.8) is 0 Å². The summed E-state index contributed by atoms with van der Waals surface area (Å²) in [5, 5.41) is 2.48. The third-order valence-corrected chi connectivity index (χ3v) is 3.16. The van der Waals surface area contributed by atoms with Gasteiger partial charge in [-0.3, -0.25) is 0 Å². The lowest BCUT2D eigenvalue weighted by Gasteiger charge is -2.03. The zero-order valence-corrected chi connectivity index (χ0v) is 9.49. The van der Waals surface area contributed by atoms with Gasteiger partial charge in [0.25, 0.3) is 0 Å². The van der Waals surface area contributed by atoms with E-state index in [9.17, 15) is 0 Å². The van der Waals surface area contributed by atoms with Crippen LogP contribution >= 0.6 is 22.9 Å². The Hall–Kier alpha value is -0.930. The minimum absolute atomic E-state index is 0.482. The molecule has 0 aliphatic heterocycles. The van der Waals surface area contributed by atoms with Crippen LogP contribution < -0.4 is 0 Å². The molecule has 0 aliphatic carbocycles. The highest BCUT2D eigenvalue weighted by Gasteiger charge is 2.09. The molecule has 72 valence electrons. The number of halogens is 1. The summed E-state index contributed by atoms with van der Waals surface area (Å²) < 4.78 is 0. The van der Waals surface area contributed by atoms with Gasteiger partial charge in [0, 0.05) is 0 Å². The molecule has 2 heterocycles. The largest absolute Gasteiger partial charge is 0.247 e. The Kier molecular flexibility index (Phi) is 2.52. The average Bonchev–Trinajstić information content (AvgIpc) is 2.64. The fourth-order valence-corrected chi connectivity index (χ4v) is 2.19. The van der Waals surface area contributed by atoms with E-state index >= 15 is 0 Å². The predicted octanol–water partition coefficient (Wildman–Crippen LogP) is 3.48. The second-order valence-corrected chi connectivity index (χ2v) is 4.32. The SMILES string of the molecule is Cc1nc(Cl)c(-c2cccs2)nc1C. The van der Waals surface area contributed by atoms with E-state index in [2.05, 4.69) is 9.97 Å². The number of nitrogens with zero attached hydrogens (tertiary/aromatic N) is 2. The summed E-state index contributed by atoms with van der Waals surface area (Å²) >= 11 is 7.64. The van der Waals surface area contributed by atoms with Crippen LogP contribution in [0.3, 0.4) is 0 Å². The van der Waals surface area contributed by atoms with E-state index < -0.39 is 0 Å². The molecule has 0 atom stereocenters. The van der Waals surface area contributed by atoms with Crippen LogP contribution in [0.1, 0.15) is 11.4 Å². The van der Waals surface area contributed by atoms with E-state index in [1.54, 1.807) is 11.3 Å². The van der Waals surface area contributed by atoms with Crippen LogP contribution in [0.2, 0.25) is 5.15 Å². The highest BCUT2D eigenvalue weighted by molar-refractivity contribution is 7.13. The molecule has 0 radical (unpaired) electrons. The molecule has 0 amide bonds. The standard InChI is InChI=1S/C10H9ClN2S/c1-6-7(2)13-10(11)9(12-6)8-4-3-5-14-8/h3-5H,1-2H3. The van der Waals surface area contributed by atoms with Gasteiger partial charge in [0.1, 0.15) is 5.69 Å². The summed E-state index contributed by atoms with van der Waals surface area (Å²) in [6, 6.07) is 3.97. The molecular formula is C10H9ClN2S. The van der Waals surface area contributed by atoms with Crippen LogP contribution in [0.5, 0.6) is 0 Å². The zero-order valence-electron chi connectivity index (χ0n) is 7.91. The molecule has 0 aliphatic rings. The van der Waals surface area contributed by atoms with Crippen molar-refractivity contribution in [3.05, 3.63) is 34.1 Å². The molecule has 14 heavy (non-hydrogen) atoms. The molecule has 0 saturated carbocycles. The van der Waals surface area contributed by atoms with Gasteiger partial charge in [0.2, 0.25) is 0 Å². The summed E-state index contributed by atoms with van der Waals surface area (Å²) in [5.74, 6) is 0. The highest BCUT2D eigenvalue weighted by Crippen LogP contribution is 2.28. The van der Waals surface area contributed by atoms with Gasteiger partial charge in [-0.1, -0.05) is 17.7 Å². The first kappa shape index (κ1) is 9.62. The minimum Gasteiger partial charge on any atom is -0.247 e. The molecule has 2 aromatic heterocycles. The van der Waals surface area contributed by atoms with Crippen LogP contribution in [-0.2, 0) is 0 Å². The fraction of sp³-hybridized carbons (Fsp3) is 0.200. The normalized spacial score (nSPS) is 10.5. The van der Waals surface area contributed by atoms with Gasteiger partial charge >= 0.3 is 0 Å². The Balaban J connectivity index is 2.60. The second-order valence-electron chi connectivity index (χ2n) is 3.01. The number of aryl methyl sites for hydroxylation is 2. The highest BCUT2D eigenvalue weighted by atomic mass is 35.5. The van der Waals surface area contributed by atoms with E-state index in [-0.39, 0.29) is 0 Å². The number of thiophene rings is 1. The van der Waals surface area contributed by atoms with Crippen molar-refractivity contribution in [3.8, 4) is 10.6 Å². The average molecular weight is 225 g/mol. The first-order valence-electron chi connectivity index (χ1n) is 4.23. The van der Waals surface area contributed by atoms with Crippen molar-refractivity contribution in [2.24, 2.45) is 0 Å².